The second-order valence-electron chi connectivity index (χ2n) is 6.06. The van der Waals surface area contributed by atoms with Crippen molar-refractivity contribution in [1.82, 2.24) is 9.97 Å². The zero-order valence-electron chi connectivity index (χ0n) is 14.3. The Labute approximate surface area is 151 Å². The Hall–Kier alpha value is -3.30. The number of fused-ring (bicyclic) bond motifs is 1. The highest BCUT2D eigenvalue weighted by Gasteiger charge is 2.11. The quantitative estimate of drug-likeness (QED) is 0.709. The number of anilines is 2. The van der Waals surface area contributed by atoms with Crippen molar-refractivity contribution in [2.45, 2.75) is 0 Å². The second-order valence-corrected chi connectivity index (χ2v) is 6.06. The van der Waals surface area contributed by atoms with Crippen molar-refractivity contribution in [3.8, 4) is 6.07 Å². The molecule has 6 heteroatoms. The van der Waals surface area contributed by atoms with Crippen LogP contribution in [0.3, 0.4) is 0 Å². The van der Waals surface area contributed by atoms with E-state index in [0.717, 1.165) is 43.0 Å². The first-order valence-corrected chi connectivity index (χ1v) is 8.58. The number of aromatic nitrogens is 2. The molecule has 2 N–H and O–H groups in total. The van der Waals surface area contributed by atoms with Crippen LogP contribution >= 0.6 is 0 Å². The Balaban J connectivity index is 1.49. The van der Waals surface area contributed by atoms with E-state index in [4.69, 9.17) is 4.74 Å². The van der Waals surface area contributed by atoms with Gasteiger partial charge in [-0.3, -0.25) is 0 Å². The van der Waals surface area contributed by atoms with Crippen LogP contribution in [-0.4, -0.2) is 36.3 Å². The zero-order valence-corrected chi connectivity index (χ0v) is 14.3. The summed E-state index contributed by atoms with van der Waals surface area (Å²) in [5, 5.41) is 12.6. The molecule has 0 saturated carbocycles. The van der Waals surface area contributed by atoms with E-state index < -0.39 is 0 Å². The molecule has 1 saturated heterocycles. The summed E-state index contributed by atoms with van der Waals surface area (Å²) in [7, 11) is 0. The minimum atomic E-state index is 0.457. The molecule has 6 nitrogen and oxygen atoms in total. The largest absolute Gasteiger partial charge is 0.378 e. The Morgan fingerprint density at radius 2 is 1.92 bits per heavy atom. The molecule has 2 aromatic carbocycles. The maximum atomic E-state index is 9.46. The molecule has 26 heavy (non-hydrogen) atoms. The fourth-order valence-corrected chi connectivity index (χ4v) is 2.98. The van der Waals surface area contributed by atoms with Crippen LogP contribution in [0.25, 0.3) is 16.6 Å². The Morgan fingerprint density at radius 3 is 2.65 bits per heavy atom. The number of allylic oxidation sites excluding steroid dienone is 1. The summed E-state index contributed by atoms with van der Waals surface area (Å²) in [5.41, 5.74) is 4.32. The highest BCUT2D eigenvalue weighted by Crippen LogP contribution is 2.20. The summed E-state index contributed by atoms with van der Waals surface area (Å²) in [6, 6.07) is 18.1. The third-order valence-corrected chi connectivity index (χ3v) is 4.39. The molecular weight excluding hydrogens is 326 g/mol. The average Bonchev–Trinajstić information content (AvgIpc) is 3.13. The predicted octanol–water partition coefficient (Wildman–Crippen LogP) is 3.38. The van der Waals surface area contributed by atoms with Gasteiger partial charge in [-0.2, -0.15) is 5.26 Å². The van der Waals surface area contributed by atoms with Crippen molar-refractivity contribution < 1.29 is 4.74 Å². The van der Waals surface area contributed by atoms with Crippen molar-refractivity contribution in [1.29, 1.82) is 5.26 Å². The summed E-state index contributed by atoms with van der Waals surface area (Å²) in [6.07, 6.45) is 1.68. The van der Waals surface area contributed by atoms with E-state index in [1.165, 1.54) is 5.69 Å². The summed E-state index contributed by atoms with van der Waals surface area (Å²) < 4.78 is 5.38. The van der Waals surface area contributed by atoms with Crippen LogP contribution in [0.4, 0.5) is 11.4 Å². The highest BCUT2D eigenvalue weighted by atomic mass is 16.5. The Bertz CT molecular complexity index is 929. The van der Waals surface area contributed by atoms with Gasteiger partial charge in [-0.25, -0.2) is 4.98 Å². The Kier molecular flexibility index (Phi) is 4.54. The lowest BCUT2D eigenvalue weighted by molar-refractivity contribution is 0.122. The molecule has 0 spiro atoms. The summed E-state index contributed by atoms with van der Waals surface area (Å²) in [6.45, 7) is 3.37. The number of ether oxygens (including phenoxy) is 1. The third-order valence-electron chi connectivity index (χ3n) is 4.39. The maximum Gasteiger partial charge on any atom is 0.150 e. The molecule has 0 atom stereocenters. The van der Waals surface area contributed by atoms with E-state index in [1.807, 2.05) is 36.4 Å². The van der Waals surface area contributed by atoms with Crippen molar-refractivity contribution in [2.24, 2.45) is 0 Å². The van der Waals surface area contributed by atoms with E-state index in [-0.39, 0.29) is 0 Å². The van der Waals surface area contributed by atoms with Crippen molar-refractivity contribution >= 4 is 28.0 Å². The lowest BCUT2D eigenvalue weighted by Gasteiger charge is -2.28. The normalized spacial score (nSPS) is 15.0. The topological polar surface area (TPSA) is 77.0 Å². The fraction of sp³-hybridized carbons (Fsp3) is 0.200. The van der Waals surface area contributed by atoms with Crippen LogP contribution in [0.5, 0.6) is 0 Å². The number of H-pyrrole nitrogens is 1. The van der Waals surface area contributed by atoms with Gasteiger partial charge in [-0.05, 0) is 36.4 Å². The lowest BCUT2D eigenvalue weighted by Crippen LogP contribution is -2.36. The summed E-state index contributed by atoms with van der Waals surface area (Å²) >= 11 is 0. The fourth-order valence-electron chi connectivity index (χ4n) is 2.98. The van der Waals surface area contributed by atoms with Gasteiger partial charge in [-0.15, -0.1) is 0 Å². The van der Waals surface area contributed by atoms with Gasteiger partial charge in [0.05, 0.1) is 24.2 Å². The molecule has 0 aliphatic carbocycles. The highest BCUT2D eigenvalue weighted by molar-refractivity contribution is 5.82. The van der Waals surface area contributed by atoms with Gasteiger partial charge in [0.1, 0.15) is 11.6 Å². The number of benzene rings is 2. The number of nitriles is 1. The monoisotopic (exact) mass is 345 g/mol. The molecule has 1 aromatic heterocycles. The number of rotatable bonds is 4. The number of hydrogen-bond acceptors (Lipinski definition) is 5. The SMILES string of the molecule is N#C/C(=C\Nc1ccc(N2CCOCC2)cc1)c1nc2ccccc2[nH]1. The van der Waals surface area contributed by atoms with E-state index in [0.29, 0.717) is 11.4 Å². The Morgan fingerprint density at radius 1 is 1.15 bits per heavy atom. The standard InChI is InChI=1S/C20H19N5O/c21-13-15(20-23-18-3-1-2-4-19(18)24-20)14-22-16-5-7-17(8-6-16)25-9-11-26-12-10-25/h1-8,14,22H,9-12H2,(H,23,24)/b15-14+. The zero-order chi connectivity index (χ0) is 17.8. The molecule has 0 amide bonds. The summed E-state index contributed by atoms with van der Waals surface area (Å²) in [4.78, 5) is 9.94. The van der Waals surface area contributed by atoms with Crippen LogP contribution in [0.1, 0.15) is 5.82 Å². The molecule has 0 bridgehead atoms. The minimum absolute atomic E-state index is 0.457. The number of morpholine rings is 1. The number of nitrogens with one attached hydrogen (secondary N) is 2. The number of aromatic amines is 1. The average molecular weight is 345 g/mol. The van der Waals surface area contributed by atoms with E-state index in [9.17, 15) is 5.26 Å². The van der Waals surface area contributed by atoms with E-state index in [1.54, 1.807) is 6.20 Å². The number of hydrogen-bond donors (Lipinski definition) is 2. The van der Waals surface area contributed by atoms with Gasteiger partial charge in [0.25, 0.3) is 0 Å². The second kappa shape index (κ2) is 7.30. The molecule has 3 aromatic rings. The van der Waals surface area contributed by atoms with Crippen molar-refractivity contribution in [3.63, 3.8) is 0 Å². The molecule has 130 valence electrons. The first-order valence-electron chi connectivity index (χ1n) is 8.58. The first-order chi connectivity index (χ1) is 12.8. The predicted molar refractivity (Wildman–Crippen MR) is 103 cm³/mol. The van der Waals surface area contributed by atoms with Crippen LogP contribution < -0.4 is 10.2 Å². The number of para-hydroxylation sites is 2. The first kappa shape index (κ1) is 16.2. The van der Waals surface area contributed by atoms with Gasteiger partial charge in [0, 0.05) is 30.7 Å². The van der Waals surface area contributed by atoms with Crippen molar-refractivity contribution in [2.75, 3.05) is 36.5 Å². The molecule has 2 heterocycles. The van der Waals surface area contributed by atoms with Gasteiger partial charge < -0.3 is 19.9 Å². The van der Waals surface area contributed by atoms with Gasteiger partial charge in [-0.1, -0.05) is 12.1 Å². The van der Waals surface area contributed by atoms with Gasteiger partial charge >= 0.3 is 0 Å². The number of imidazole rings is 1. The van der Waals surface area contributed by atoms with Crippen molar-refractivity contribution in [3.05, 3.63) is 60.6 Å². The van der Waals surface area contributed by atoms with Gasteiger partial charge in [0.15, 0.2) is 5.82 Å². The van der Waals surface area contributed by atoms with Gasteiger partial charge in [0.2, 0.25) is 0 Å². The van der Waals surface area contributed by atoms with Crippen LogP contribution in [0, 0.1) is 11.3 Å². The van der Waals surface area contributed by atoms with Crippen LogP contribution in [0.15, 0.2) is 54.7 Å². The molecule has 1 aliphatic heterocycles. The van der Waals surface area contributed by atoms with Crippen LogP contribution in [-0.2, 0) is 4.74 Å². The maximum absolute atomic E-state index is 9.46. The van der Waals surface area contributed by atoms with Crippen LogP contribution in [0.2, 0.25) is 0 Å². The molecule has 0 radical (unpaired) electrons. The van der Waals surface area contributed by atoms with E-state index >= 15 is 0 Å². The molecular formula is C20H19N5O. The molecule has 0 unspecified atom stereocenters. The summed E-state index contributed by atoms with van der Waals surface area (Å²) in [5.74, 6) is 0.561. The van der Waals surface area contributed by atoms with E-state index in [2.05, 4.69) is 38.4 Å². The molecule has 4 rings (SSSR count). The lowest BCUT2D eigenvalue weighted by atomic mass is 10.2. The number of nitrogens with zero attached hydrogens (tertiary/aromatic N) is 3. The third kappa shape index (κ3) is 3.39. The molecule has 1 aliphatic rings. The molecule has 1 fully saturated rings. The minimum Gasteiger partial charge on any atom is -0.378 e. The smallest absolute Gasteiger partial charge is 0.150 e.